The van der Waals surface area contributed by atoms with Crippen LogP contribution in [-0.4, -0.2) is 37.0 Å². The largest absolute Gasteiger partial charge is 0.480 e. The van der Waals surface area contributed by atoms with Gasteiger partial charge < -0.3 is 5.11 Å². The molecule has 1 rings (SSSR count). The average molecular weight is 508 g/mol. The van der Waals surface area contributed by atoms with E-state index in [1.165, 1.54) is 40.6 Å². The molecule has 0 saturated carbocycles. The zero-order chi connectivity index (χ0) is 25.6. The van der Waals surface area contributed by atoms with Crippen molar-refractivity contribution in [3.05, 3.63) is 64.8 Å². The molecule has 2 N–H and O–H groups in total. The van der Waals surface area contributed by atoms with Gasteiger partial charge in [0.05, 0.1) is 4.90 Å². The van der Waals surface area contributed by atoms with Crippen LogP contribution in [0.25, 0.3) is 0 Å². The van der Waals surface area contributed by atoms with Gasteiger partial charge in [-0.3, -0.25) is 4.79 Å². The van der Waals surface area contributed by atoms with Gasteiger partial charge in [0.15, 0.2) is 0 Å². The third kappa shape index (κ3) is 12.6. The minimum Gasteiger partial charge on any atom is -0.480 e. The van der Waals surface area contributed by atoms with E-state index in [1.54, 1.807) is 12.1 Å². The highest BCUT2D eigenvalue weighted by atomic mass is 32.2. The van der Waals surface area contributed by atoms with E-state index in [2.05, 4.69) is 57.6 Å². The van der Waals surface area contributed by atoms with E-state index in [9.17, 15) is 18.3 Å². The van der Waals surface area contributed by atoms with Crippen LogP contribution in [0.4, 0.5) is 0 Å². The molecule has 5 nitrogen and oxygen atoms in total. The van der Waals surface area contributed by atoms with Crippen LogP contribution in [0.3, 0.4) is 0 Å². The summed E-state index contributed by atoms with van der Waals surface area (Å²) in [5, 5.41) is 9.50. The summed E-state index contributed by atoms with van der Waals surface area (Å²) in [7, 11) is -3.89. The number of hydrogen-bond acceptors (Lipinski definition) is 4. The monoisotopic (exact) mass is 507 g/mol. The number of carbonyl (C=O) groups is 1. The summed E-state index contributed by atoms with van der Waals surface area (Å²) in [4.78, 5) is 11.7. The molecule has 0 aliphatic carbocycles. The van der Waals surface area contributed by atoms with Gasteiger partial charge in [0.2, 0.25) is 10.0 Å². The van der Waals surface area contributed by atoms with Crippen molar-refractivity contribution in [3.8, 4) is 0 Å². The van der Waals surface area contributed by atoms with E-state index in [0.29, 0.717) is 5.75 Å². The van der Waals surface area contributed by atoms with Gasteiger partial charge in [-0.1, -0.05) is 60.4 Å². The highest BCUT2D eigenvalue weighted by Crippen LogP contribution is 2.15. The van der Waals surface area contributed by atoms with Crippen molar-refractivity contribution >= 4 is 27.8 Å². The fourth-order valence-electron chi connectivity index (χ4n) is 3.26. The number of rotatable bonds is 16. The molecule has 0 heterocycles. The molecule has 0 bridgehead atoms. The van der Waals surface area contributed by atoms with Crippen molar-refractivity contribution in [1.29, 1.82) is 0 Å². The van der Waals surface area contributed by atoms with Crippen LogP contribution in [0, 0.1) is 0 Å². The lowest BCUT2D eigenvalue weighted by Crippen LogP contribution is -2.42. The van der Waals surface area contributed by atoms with Gasteiger partial charge in [-0.15, -0.1) is 0 Å². The van der Waals surface area contributed by atoms with Crippen LogP contribution in [0.5, 0.6) is 0 Å². The van der Waals surface area contributed by atoms with Gasteiger partial charge in [0, 0.05) is 11.5 Å². The number of nitrogens with one attached hydrogen (secondary N) is 1. The first-order chi connectivity index (χ1) is 16.0. The van der Waals surface area contributed by atoms with Crippen molar-refractivity contribution in [2.45, 2.75) is 84.1 Å². The highest BCUT2D eigenvalue weighted by molar-refractivity contribution is 7.99. The molecule has 0 unspecified atom stereocenters. The van der Waals surface area contributed by atoms with E-state index in [4.69, 9.17) is 0 Å². The third-order valence-electron chi connectivity index (χ3n) is 5.32. The number of aliphatic carboxylic acids is 1. The summed E-state index contributed by atoms with van der Waals surface area (Å²) < 4.78 is 27.6. The van der Waals surface area contributed by atoms with Crippen molar-refractivity contribution in [3.63, 3.8) is 0 Å². The maximum Gasteiger partial charge on any atom is 0.322 e. The molecule has 7 heteroatoms. The predicted octanol–water partition coefficient (Wildman–Crippen LogP) is 6.52. The second-order valence-electron chi connectivity index (χ2n) is 8.90. The molecular weight excluding hydrogens is 466 g/mol. The normalized spacial score (nSPS) is 13.6. The van der Waals surface area contributed by atoms with Gasteiger partial charge in [0.1, 0.15) is 6.04 Å². The molecule has 0 aliphatic heterocycles. The summed E-state index contributed by atoms with van der Waals surface area (Å²) in [6.07, 6.45) is 12.6. The van der Waals surface area contributed by atoms with E-state index in [0.717, 1.165) is 44.1 Å². The molecule has 0 aliphatic rings. The minimum atomic E-state index is -3.89. The standard InChI is InChI=1S/C27H41NO4S2/c1-6-9-24-14-16-25(17-15-24)34(31,32)28-26(27(29)30)20-33-19-18-23(5)13-8-12-22(4)11-7-10-21(2)3/h10,12,14-18,26,28H,6-9,11,13,19-20H2,1-5H3,(H,29,30)/b22-12+,23-18+/t26-/m0/s1. The number of sulfonamides is 1. The first kappa shape index (κ1) is 30.2. The smallest absolute Gasteiger partial charge is 0.322 e. The zero-order valence-electron chi connectivity index (χ0n) is 21.3. The lowest BCUT2D eigenvalue weighted by molar-refractivity contribution is -0.138. The fraction of sp³-hybridized carbons (Fsp3) is 0.519. The summed E-state index contributed by atoms with van der Waals surface area (Å²) in [5.41, 5.74) is 5.06. The second kappa shape index (κ2) is 16.0. The summed E-state index contributed by atoms with van der Waals surface area (Å²) >= 11 is 1.41. The molecule has 1 aromatic rings. The van der Waals surface area contributed by atoms with Crippen LogP contribution in [0.15, 0.2) is 64.1 Å². The molecule has 0 saturated heterocycles. The lowest BCUT2D eigenvalue weighted by atomic mass is 10.1. The number of aryl methyl sites for hydroxylation is 1. The Morgan fingerprint density at radius 2 is 1.59 bits per heavy atom. The summed E-state index contributed by atoms with van der Waals surface area (Å²) in [5.74, 6) is -0.366. The molecule has 190 valence electrons. The average Bonchev–Trinajstić information content (AvgIpc) is 2.76. The van der Waals surface area contributed by atoms with Crippen molar-refractivity contribution < 1.29 is 18.3 Å². The van der Waals surface area contributed by atoms with E-state index < -0.39 is 22.0 Å². The van der Waals surface area contributed by atoms with Crippen LogP contribution >= 0.6 is 11.8 Å². The van der Waals surface area contributed by atoms with Gasteiger partial charge in [-0.05, 0) is 77.5 Å². The lowest BCUT2D eigenvalue weighted by Gasteiger charge is -2.14. The predicted molar refractivity (Wildman–Crippen MR) is 145 cm³/mol. The summed E-state index contributed by atoms with van der Waals surface area (Å²) in [6.45, 7) is 10.5. The van der Waals surface area contributed by atoms with Gasteiger partial charge >= 0.3 is 5.97 Å². The number of thioether (sulfide) groups is 1. The Hall–Kier alpha value is -1.83. The van der Waals surface area contributed by atoms with E-state index in [1.807, 2.05) is 0 Å². The number of carboxylic acids is 1. The Morgan fingerprint density at radius 3 is 2.15 bits per heavy atom. The van der Waals surface area contributed by atoms with Crippen molar-refractivity contribution in [2.75, 3.05) is 11.5 Å². The third-order valence-corrected chi connectivity index (χ3v) is 7.78. The molecule has 0 fully saturated rings. The molecule has 1 aromatic carbocycles. The van der Waals surface area contributed by atoms with Crippen molar-refractivity contribution in [2.24, 2.45) is 0 Å². The highest BCUT2D eigenvalue weighted by Gasteiger charge is 2.25. The van der Waals surface area contributed by atoms with Gasteiger partial charge in [-0.25, -0.2) is 8.42 Å². The van der Waals surface area contributed by atoms with Crippen molar-refractivity contribution in [1.82, 2.24) is 4.72 Å². The molecule has 0 amide bonds. The van der Waals surface area contributed by atoms with Crippen LogP contribution in [0.1, 0.15) is 72.3 Å². The van der Waals surface area contributed by atoms with Gasteiger partial charge in [-0.2, -0.15) is 16.5 Å². The van der Waals surface area contributed by atoms with Gasteiger partial charge in [0.25, 0.3) is 0 Å². The van der Waals surface area contributed by atoms with Crippen LogP contribution < -0.4 is 4.72 Å². The minimum absolute atomic E-state index is 0.0866. The van der Waals surface area contributed by atoms with Crippen LogP contribution in [-0.2, 0) is 21.2 Å². The Kier molecular flexibility index (Phi) is 14.2. The number of allylic oxidation sites excluding steroid dienone is 5. The maximum absolute atomic E-state index is 12.6. The summed E-state index contributed by atoms with van der Waals surface area (Å²) in [6, 6.07) is 5.43. The van der Waals surface area contributed by atoms with E-state index in [-0.39, 0.29) is 10.6 Å². The Morgan fingerprint density at radius 1 is 1.00 bits per heavy atom. The molecule has 1 atom stereocenters. The molecule has 0 aromatic heterocycles. The Bertz CT molecular complexity index is 957. The maximum atomic E-state index is 12.6. The first-order valence-corrected chi connectivity index (χ1v) is 14.6. The number of carboxylic acid groups (broad SMARTS) is 1. The SMILES string of the molecule is CCCc1ccc(S(=O)(=O)N[C@@H](CSC/C=C(\C)CC/C=C(\C)CCC=C(C)C)C(=O)O)cc1. The quantitative estimate of drug-likeness (QED) is 0.196. The number of hydrogen-bond donors (Lipinski definition) is 2. The zero-order valence-corrected chi connectivity index (χ0v) is 22.9. The number of benzene rings is 1. The molecule has 34 heavy (non-hydrogen) atoms. The molecule has 0 radical (unpaired) electrons. The molecule has 0 spiro atoms. The van der Waals surface area contributed by atoms with E-state index >= 15 is 0 Å². The molecular formula is C27H41NO4S2. The topological polar surface area (TPSA) is 83.5 Å². The first-order valence-electron chi connectivity index (χ1n) is 11.9. The Labute approximate surface area is 210 Å². The Balaban J connectivity index is 2.51. The fourth-order valence-corrected chi connectivity index (χ4v) is 5.56. The second-order valence-corrected chi connectivity index (χ2v) is 11.7. The van der Waals surface area contributed by atoms with Crippen LogP contribution in [0.2, 0.25) is 0 Å².